The molecule has 2 aromatic rings. The number of carboxylic acids is 1. The standard InChI is InChI=1S/C15H15BrN2O2/c16-11-4-3-5-12(10-11)18-9-6-13(17-18)15(14(19)20)7-1-2-8-15/h3-6,9-10H,1-2,7-8H2,(H,19,20). The van der Waals surface area contributed by atoms with Gasteiger partial charge in [-0.25, -0.2) is 4.68 Å². The zero-order valence-corrected chi connectivity index (χ0v) is 12.5. The number of carbonyl (C=O) groups is 1. The maximum Gasteiger partial charge on any atom is 0.315 e. The number of halogens is 1. The number of benzene rings is 1. The maximum absolute atomic E-state index is 11.7. The quantitative estimate of drug-likeness (QED) is 0.934. The van der Waals surface area contributed by atoms with Crippen molar-refractivity contribution < 1.29 is 9.90 Å². The molecule has 1 fully saturated rings. The highest BCUT2D eigenvalue weighted by molar-refractivity contribution is 9.10. The lowest BCUT2D eigenvalue weighted by molar-refractivity contribution is -0.143. The van der Waals surface area contributed by atoms with Crippen LogP contribution in [0, 0.1) is 0 Å². The van der Waals surface area contributed by atoms with E-state index >= 15 is 0 Å². The van der Waals surface area contributed by atoms with Crippen molar-refractivity contribution in [2.24, 2.45) is 0 Å². The third kappa shape index (κ3) is 2.16. The van der Waals surface area contributed by atoms with Gasteiger partial charge in [-0.2, -0.15) is 5.10 Å². The summed E-state index contributed by atoms with van der Waals surface area (Å²) in [7, 11) is 0. The van der Waals surface area contributed by atoms with Crippen molar-refractivity contribution >= 4 is 21.9 Å². The second-order valence-corrected chi connectivity index (χ2v) is 6.14. The van der Waals surface area contributed by atoms with Gasteiger partial charge in [-0.1, -0.05) is 34.8 Å². The Morgan fingerprint density at radius 2 is 2.05 bits per heavy atom. The van der Waals surface area contributed by atoms with Crippen molar-refractivity contribution in [3.63, 3.8) is 0 Å². The Bertz CT molecular complexity index is 645. The van der Waals surface area contributed by atoms with Crippen LogP contribution in [0.25, 0.3) is 5.69 Å². The highest BCUT2D eigenvalue weighted by atomic mass is 79.9. The van der Waals surface area contributed by atoms with Crippen LogP contribution in [0.4, 0.5) is 0 Å². The molecule has 0 saturated heterocycles. The molecule has 1 saturated carbocycles. The molecule has 0 spiro atoms. The molecule has 5 heteroatoms. The molecular weight excluding hydrogens is 320 g/mol. The maximum atomic E-state index is 11.7. The summed E-state index contributed by atoms with van der Waals surface area (Å²) >= 11 is 3.43. The first-order chi connectivity index (χ1) is 9.62. The third-order valence-electron chi connectivity index (χ3n) is 4.02. The van der Waals surface area contributed by atoms with E-state index in [1.807, 2.05) is 36.5 Å². The summed E-state index contributed by atoms with van der Waals surface area (Å²) in [5.41, 5.74) is 0.795. The fourth-order valence-electron chi connectivity index (χ4n) is 2.90. The lowest BCUT2D eigenvalue weighted by atomic mass is 9.83. The molecular formula is C15H15BrN2O2. The van der Waals surface area contributed by atoms with Gasteiger partial charge in [0.05, 0.1) is 11.4 Å². The normalized spacial score (nSPS) is 17.2. The molecule has 0 radical (unpaired) electrons. The van der Waals surface area contributed by atoms with E-state index in [2.05, 4.69) is 21.0 Å². The fourth-order valence-corrected chi connectivity index (χ4v) is 3.29. The molecule has 104 valence electrons. The lowest BCUT2D eigenvalue weighted by Gasteiger charge is -2.21. The van der Waals surface area contributed by atoms with Crippen molar-refractivity contribution in [1.29, 1.82) is 0 Å². The van der Waals surface area contributed by atoms with Crippen LogP contribution in [0.2, 0.25) is 0 Å². The van der Waals surface area contributed by atoms with E-state index in [1.54, 1.807) is 4.68 Å². The minimum absolute atomic E-state index is 0.669. The van der Waals surface area contributed by atoms with Crippen LogP contribution < -0.4 is 0 Å². The number of hydrogen-bond donors (Lipinski definition) is 1. The molecule has 1 aromatic heterocycles. The van der Waals surface area contributed by atoms with Crippen molar-refractivity contribution in [2.75, 3.05) is 0 Å². The molecule has 4 nitrogen and oxygen atoms in total. The van der Waals surface area contributed by atoms with E-state index in [0.717, 1.165) is 23.0 Å². The number of rotatable bonds is 3. The van der Waals surface area contributed by atoms with E-state index in [1.165, 1.54) is 0 Å². The Morgan fingerprint density at radius 1 is 1.30 bits per heavy atom. The monoisotopic (exact) mass is 334 g/mol. The van der Waals surface area contributed by atoms with Gasteiger partial charge in [0.25, 0.3) is 0 Å². The summed E-state index contributed by atoms with van der Waals surface area (Å²) in [6, 6.07) is 9.62. The van der Waals surface area contributed by atoms with Crippen LogP contribution in [-0.4, -0.2) is 20.9 Å². The largest absolute Gasteiger partial charge is 0.481 e. The minimum Gasteiger partial charge on any atom is -0.481 e. The minimum atomic E-state index is -0.794. The number of carboxylic acid groups (broad SMARTS) is 1. The molecule has 0 unspecified atom stereocenters. The van der Waals surface area contributed by atoms with Gasteiger partial charge in [0.2, 0.25) is 0 Å². The first kappa shape index (κ1) is 13.4. The van der Waals surface area contributed by atoms with Gasteiger partial charge >= 0.3 is 5.97 Å². The topological polar surface area (TPSA) is 55.1 Å². The second kappa shape index (κ2) is 5.05. The van der Waals surface area contributed by atoms with Gasteiger partial charge in [0, 0.05) is 10.7 Å². The molecule has 1 aliphatic rings. The highest BCUT2D eigenvalue weighted by Gasteiger charge is 2.44. The van der Waals surface area contributed by atoms with Gasteiger partial charge in [0.15, 0.2) is 0 Å². The molecule has 1 aromatic carbocycles. The number of aromatic nitrogens is 2. The Kier molecular flexibility index (Phi) is 3.38. The summed E-state index contributed by atoms with van der Waals surface area (Å²) in [6.07, 6.45) is 5.10. The van der Waals surface area contributed by atoms with Gasteiger partial charge in [-0.05, 0) is 37.1 Å². The van der Waals surface area contributed by atoms with E-state index in [9.17, 15) is 9.90 Å². The van der Waals surface area contributed by atoms with Crippen LogP contribution in [0.1, 0.15) is 31.4 Å². The van der Waals surface area contributed by atoms with Crippen molar-refractivity contribution in [1.82, 2.24) is 9.78 Å². The van der Waals surface area contributed by atoms with E-state index in [-0.39, 0.29) is 0 Å². The highest BCUT2D eigenvalue weighted by Crippen LogP contribution is 2.40. The first-order valence-corrected chi connectivity index (χ1v) is 7.47. The summed E-state index contributed by atoms with van der Waals surface area (Å²) in [5.74, 6) is -0.755. The molecule has 0 bridgehead atoms. The zero-order chi connectivity index (χ0) is 14.2. The predicted octanol–water partition coefficient (Wildman–Crippen LogP) is 3.53. The Labute approximate surface area is 125 Å². The molecule has 1 aliphatic carbocycles. The first-order valence-electron chi connectivity index (χ1n) is 6.67. The molecule has 3 rings (SSSR count). The molecule has 0 aliphatic heterocycles. The number of hydrogen-bond acceptors (Lipinski definition) is 2. The molecule has 0 amide bonds. The van der Waals surface area contributed by atoms with Gasteiger partial charge in [0.1, 0.15) is 5.41 Å². The molecule has 1 N–H and O–H groups in total. The van der Waals surface area contributed by atoms with E-state index in [4.69, 9.17) is 0 Å². The number of nitrogens with zero attached hydrogens (tertiary/aromatic N) is 2. The second-order valence-electron chi connectivity index (χ2n) is 5.22. The van der Waals surface area contributed by atoms with Crippen molar-refractivity contribution in [3.05, 3.63) is 46.7 Å². The predicted molar refractivity (Wildman–Crippen MR) is 79.0 cm³/mol. The van der Waals surface area contributed by atoms with Crippen molar-refractivity contribution in [3.8, 4) is 5.69 Å². The smallest absolute Gasteiger partial charge is 0.315 e. The molecule has 20 heavy (non-hydrogen) atoms. The average Bonchev–Trinajstić information content (AvgIpc) is 3.08. The summed E-state index contributed by atoms with van der Waals surface area (Å²) in [5, 5.41) is 14.1. The van der Waals surface area contributed by atoms with E-state index in [0.29, 0.717) is 18.5 Å². The zero-order valence-electron chi connectivity index (χ0n) is 10.9. The number of aliphatic carboxylic acids is 1. The van der Waals surface area contributed by atoms with Gasteiger partial charge < -0.3 is 5.11 Å². The SMILES string of the molecule is O=C(O)C1(c2ccn(-c3cccc(Br)c3)n2)CCCC1. The Hall–Kier alpha value is -1.62. The van der Waals surface area contributed by atoms with Gasteiger partial charge in [-0.15, -0.1) is 0 Å². The van der Waals surface area contributed by atoms with Crippen LogP contribution in [0.15, 0.2) is 41.0 Å². The molecule has 1 heterocycles. The Morgan fingerprint density at radius 3 is 2.70 bits per heavy atom. The fraction of sp³-hybridized carbons (Fsp3) is 0.333. The lowest BCUT2D eigenvalue weighted by Crippen LogP contribution is -2.33. The third-order valence-corrected chi connectivity index (χ3v) is 4.51. The average molecular weight is 335 g/mol. The van der Waals surface area contributed by atoms with Crippen LogP contribution in [0.5, 0.6) is 0 Å². The Balaban J connectivity index is 1.99. The summed E-state index contributed by atoms with van der Waals surface area (Å²) < 4.78 is 2.71. The van der Waals surface area contributed by atoms with Crippen molar-refractivity contribution in [2.45, 2.75) is 31.1 Å². The molecule has 0 atom stereocenters. The van der Waals surface area contributed by atoms with Crippen LogP contribution in [-0.2, 0) is 10.2 Å². The summed E-state index contributed by atoms with van der Waals surface area (Å²) in [6.45, 7) is 0. The van der Waals surface area contributed by atoms with E-state index < -0.39 is 11.4 Å². The summed E-state index contributed by atoms with van der Waals surface area (Å²) in [4.78, 5) is 11.7. The van der Waals surface area contributed by atoms with Crippen LogP contribution >= 0.6 is 15.9 Å². The van der Waals surface area contributed by atoms with Gasteiger partial charge in [-0.3, -0.25) is 4.79 Å². The van der Waals surface area contributed by atoms with Crippen LogP contribution in [0.3, 0.4) is 0 Å².